The quantitative estimate of drug-likeness (QED) is 0.618. The summed E-state index contributed by atoms with van der Waals surface area (Å²) in [7, 11) is 0. The van der Waals surface area contributed by atoms with Crippen LogP contribution in [-0.2, 0) is 0 Å². The van der Waals surface area contributed by atoms with Crippen LogP contribution in [0.3, 0.4) is 0 Å². The van der Waals surface area contributed by atoms with Crippen LogP contribution in [0.15, 0.2) is 53.6 Å². The lowest BCUT2D eigenvalue weighted by Gasteiger charge is -2.08. The van der Waals surface area contributed by atoms with Crippen molar-refractivity contribution >= 4 is 12.1 Å². The van der Waals surface area contributed by atoms with E-state index in [1.165, 1.54) is 6.21 Å². The summed E-state index contributed by atoms with van der Waals surface area (Å²) in [6.45, 7) is 4.96. The maximum Gasteiger partial charge on any atom is 0.271 e. The second-order valence-corrected chi connectivity index (χ2v) is 5.99. The molecule has 0 bridgehead atoms. The van der Waals surface area contributed by atoms with Crippen LogP contribution in [0.25, 0.3) is 0 Å². The van der Waals surface area contributed by atoms with E-state index in [1.54, 1.807) is 48.5 Å². The van der Waals surface area contributed by atoms with E-state index >= 15 is 0 Å². The Morgan fingerprint density at radius 1 is 1.20 bits per heavy atom. The molecule has 0 aliphatic heterocycles. The third-order valence-electron chi connectivity index (χ3n) is 3.50. The minimum absolute atomic E-state index is 0.293. The smallest absolute Gasteiger partial charge is 0.271 e. The number of hydrogen-bond acceptors (Lipinski definition) is 4. The maximum atomic E-state index is 12.0. The number of rotatable bonds is 7. The predicted octanol–water partition coefficient (Wildman–Crippen LogP) is 3.75. The lowest BCUT2D eigenvalue weighted by molar-refractivity contribution is 0.0955. The van der Waals surface area contributed by atoms with E-state index in [9.17, 15) is 4.79 Å². The lowest BCUT2D eigenvalue weighted by Crippen LogP contribution is -2.17. The number of carbonyl (C=O) groups is 1. The third kappa shape index (κ3) is 6.11. The van der Waals surface area contributed by atoms with Crippen molar-refractivity contribution in [3.8, 4) is 11.8 Å². The summed E-state index contributed by atoms with van der Waals surface area (Å²) in [6.07, 6.45) is 2.52. The zero-order valence-corrected chi connectivity index (χ0v) is 14.4. The number of ether oxygens (including phenoxy) is 1. The van der Waals surface area contributed by atoms with Crippen molar-refractivity contribution in [1.29, 1.82) is 5.26 Å². The number of nitriles is 1. The van der Waals surface area contributed by atoms with Crippen LogP contribution in [-0.4, -0.2) is 18.7 Å². The van der Waals surface area contributed by atoms with Crippen molar-refractivity contribution < 1.29 is 9.53 Å². The molecular formula is C20H21N3O2. The van der Waals surface area contributed by atoms with E-state index in [0.29, 0.717) is 23.7 Å². The molecule has 0 aliphatic carbocycles. The standard InChI is InChI=1S/C20H21N3O2/c1-15(2)11-12-25-19-9-7-18(8-10-19)20(24)23-22-14-17-5-3-16(13-21)4-6-17/h3-10,14-15H,11-12H2,1-2H3,(H,23,24)/b22-14-. The van der Waals surface area contributed by atoms with Crippen LogP contribution in [0.5, 0.6) is 5.75 Å². The summed E-state index contributed by atoms with van der Waals surface area (Å²) in [5.74, 6) is 1.05. The van der Waals surface area contributed by atoms with E-state index in [-0.39, 0.29) is 5.91 Å². The van der Waals surface area contributed by atoms with E-state index in [0.717, 1.165) is 17.7 Å². The van der Waals surface area contributed by atoms with Gasteiger partial charge in [-0.1, -0.05) is 26.0 Å². The van der Waals surface area contributed by atoms with Gasteiger partial charge in [-0.3, -0.25) is 4.79 Å². The molecule has 0 atom stereocenters. The number of carbonyl (C=O) groups excluding carboxylic acids is 1. The molecule has 0 radical (unpaired) electrons. The molecule has 0 heterocycles. The van der Waals surface area contributed by atoms with Crippen LogP contribution in [0.1, 0.15) is 41.8 Å². The average Bonchev–Trinajstić information content (AvgIpc) is 2.62. The van der Waals surface area contributed by atoms with Crippen molar-refractivity contribution in [2.75, 3.05) is 6.61 Å². The number of nitrogens with zero attached hydrogens (tertiary/aromatic N) is 2. The molecule has 2 aromatic carbocycles. The topological polar surface area (TPSA) is 74.5 Å². The Bertz CT molecular complexity index is 757. The molecule has 0 saturated carbocycles. The molecule has 0 unspecified atom stereocenters. The van der Waals surface area contributed by atoms with Crippen LogP contribution in [0, 0.1) is 17.2 Å². The number of hydrogen-bond donors (Lipinski definition) is 1. The van der Waals surface area contributed by atoms with Crippen molar-refractivity contribution in [3.05, 3.63) is 65.2 Å². The highest BCUT2D eigenvalue weighted by atomic mass is 16.5. The van der Waals surface area contributed by atoms with Crippen LogP contribution >= 0.6 is 0 Å². The van der Waals surface area contributed by atoms with Gasteiger partial charge in [-0.15, -0.1) is 0 Å². The number of nitrogens with one attached hydrogen (secondary N) is 1. The Hall–Kier alpha value is -3.13. The highest BCUT2D eigenvalue weighted by Gasteiger charge is 2.04. The van der Waals surface area contributed by atoms with E-state index in [2.05, 4.69) is 24.4 Å². The molecule has 0 aliphatic rings. The Morgan fingerprint density at radius 3 is 2.48 bits per heavy atom. The molecule has 1 N–H and O–H groups in total. The predicted molar refractivity (Wildman–Crippen MR) is 97.6 cm³/mol. The fraction of sp³-hybridized carbons (Fsp3) is 0.250. The molecule has 0 aromatic heterocycles. The van der Waals surface area contributed by atoms with Gasteiger partial charge in [0.25, 0.3) is 5.91 Å². The van der Waals surface area contributed by atoms with Gasteiger partial charge in [0.15, 0.2) is 0 Å². The number of amides is 1. The molecule has 128 valence electrons. The second kappa shape index (κ2) is 9.24. The van der Waals surface area contributed by atoms with Crippen LogP contribution < -0.4 is 10.2 Å². The van der Waals surface area contributed by atoms with Gasteiger partial charge in [-0.05, 0) is 54.3 Å². The van der Waals surface area contributed by atoms with Crippen LogP contribution in [0.2, 0.25) is 0 Å². The normalized spacial score (nSPS) is 10.6. The molecule has 0 fully saturated rings. The molecule has 2 rings (SSSR count). The summed E-state index contributed by atoms with van der Waals surface area (Å²) in [5, 5.41) is 12.7. The van der Waals surface area contributed by atoms with E-state index in [4.69, 9.17) is 10.00 Å². The Labute approximate surface area is 147 Å². The fourth-order valence-electron chi connectivity index (χ4n) is 1.99. The Kier molecular flexibility index (Phi) is 6.73. The van der Waals surface area contributed by atoms with Crippen molar-refractivity contribution in [1.82, 2.24) is 5.43 Å². The molecule has 1 amide bonds. The first kappa shape index (κ1) is 18.2. The first-order valence-electron chi connectivity index (χ1n) is 8.15. The maximum absolute atomic E-state index is 12.0. The van der Waals surface area contributed by atoms with Gasteiger partial charge < -0.3 is 4.74 Å². The molecular weight excluding hydrogens is 314 g/mol. The van der Waals surface area contributed by atoms with Gasteiger partial charge in [0, 0.05) is 5.56 Å². The monoisotopic (exact) mass is 335 g/mol. The first-order chi connectivity index (χ1) is 12.1. The first-order valence-corrected chi connectivity index (χ1v) is 8.15. The lowest BCUT2D eigenvalue weighted by atomic mass is 10.1. The van der Waals surface area contributed by atoms with Gasteiger partial charge >= 0.3 is 0 Å². The van der Waals surface area contributed by atoms with Crippen molar-refractivity contribution in [3.63, 3.8) is 0 Å². The number of hydrazone groups is 1. The SMILES string of the molecule is CC(C)CCOc1ccc(C(=O)N/N=C\c2ccc(C#N)cc2)cc1. The summed E-state index contributed by atoms with van der Waals surface area (Å²) < 4.78 is 5.63. The largest absolute Gasteiger partial charge is 0.494 e. The molecule has 0 saturated heterocycles. The summed E-state index contributed by atoms with van der Waals surface area (Å²) in [4.78, 5) is 12.0. The summed E-state index contributed by atoms with van der Waals surface area (Å²) in [5.41, 5.74) is 4.37. The van der Waals surface area contributed by atoms with E-state index in [1.807, 2.05) is 6.07 Å². The Morgan fingerprint density at radius 2 is 1.88 bits per heavy atom. The molecule has 0 spiro atoms. The van der Waals surface area contributed by atoms with Gasteiger partial charge in [0.1, 0.15) is 5.75 Å². The van der Waals surface area contributed by atoms with Gasteiger partial charge in [0.05, 0.1) is 24.5 Å². The molecule has 5 heteroatoms. The molecule has 25 heavy (non-hydrogen) atoms. The highest BCUT2D eigenvalue weighted by molar-refractivity contribution is 5.95. The van der Waals surface area contributed by atoms with Gasteiger partial charge in [-0.2, -0.15) is 10.4 Å². The highest BCUT2D eigenvalue weighted by Crippen LogP contribution is 2.13. The zero-order valence-electron chi connectivity index (χ0n) is 14.4. The molecule has 5 nitrogen and oxygen atoms in total. The molecule has 2 aromatic rings. The fourth-order valence-corrected chi connectivity index (χ4v) is 1.99. The zero-order chi connectivity index (χ0) is 18.1. The van der Waals surface area contributed by atoms with Crippen molar-refractivity contribution in [2.24, 2.45) is 11.0 Å². The average molecular weight is 335 g/mol. The minimum Gasteiger partial charge on any atom is -0.494 e. The third-order valence-corrected chi connectivity index (χ3v) is 3.50. The summed E-state index contributed by atoms with van der Waals surface area (Å²) >= 11 is 0. The van der Waals surface area contributed by atoms with E-state index < -0.39 is 0 Å². The minimum atomic E-state index is -0.293. The Balaban J connectivity index is 1.85. The van der Waals surface area contributed by atoms with Gasteiger partial charge in [0.2, 0.25) is 0 Å². The van der Waals surface area contributed by atoms with Gasteiger partial charge in [-0.25, -0.2) is 5.43 Å². The summed E-state index contributed by atoms with van der Waals surface area (Å²) in [6, 6.07) is 15.9. The number of benzene rings is 2. The van der Waals surface area contributed by atoms with Crippen LogP contribution in [0.4, 0.5) is 0 Å². The van der Waals surface area contributed by atoms with Crippen molar-refractivity contribution in [2.45, 2.75) is 20.3 Å². The second-order valence-electron chi connectivity index (χ2n) is 5.99.